The molecule has 0 saturated carbocycles. The van der Waals surface area contributed by atoms with E-state index in [0.717, 1.165) is 0 Å². The lowest BCUT2D eigenvalue weighted by atomic mass is 10.8. The Labute approximate surface area is 112 Å². The van der Waals surface area contributed by atoms with Crippen LogP contribution < -0.4 is 9.47 Å². The molecule has 0 aliphatic carbocycles. The molecule has 10 heteroatoms. The first-order valence-electron chi connectivity index (χ1n) is 5.42. The standard InChI is InChI=1S/C10H10N4O6/c15-9(19-7-11-1-2-12-7)17-5-6-18-10(16)20-8-13-3-4-14-8/h1-4H,5-6H2,(H,11,12)(H,13,14). The third-order valence-corrected chi connectivity index (χ3v) is 1.83. The van der Waals surface area contributed by atoms with E-state index in [2.05, 4.69) is 38.9 Å². The highest BCUT2D eigenvalue weighted by Gasteiger charge is 2.10. The van der Waals surface area contributed by atoms with E-state index in [0.29, 0.717) is 0 Å². The van der Waals surface area contributed by atoms with Crippen LogP contribution in [0, 0.1) is 0 Å². The van der Waals surface area contributed by atoms with Crippen LogP contribution in [0.2, 0.25) is 0 Å². The smallest absolute Gasteiger partial charge is 0.430 e. The molecule has 0 radical (unpaired) electrons. The van der Waals surface area contributed by atoms with Crippen molar-refractivity contribution in [3.05, 3.63) is 24.8 Å². The van der Waals surface area contributed by atoms with Gasteiger partial charge >= 0.3 is 24.3 Å². The lowest BCUT2D eigenvalue weighted by Crippen LogP contribution is -2.18. The van der Waals surface area contributed by atoms with E-state index < -0.39 is 12.3 Å². The van der Waals surface area contributed by atoms with Gasteiger partial charge in [0.05, 0.1) is 0 Å². The molecule has 2 aromatic rings. The molecule has 0 aliphatic rings. The monoisotopic (exact) mass is 282 g/mol. The molecule has 10 nitrogen and oxygen atoms in total. The van der Waals surface area contributed by atoms with Crippen LogP contribution in [0.15, 0.2) is 24.8 Å². The lowest BCUT2D eigenvalue weighted by molar-refractivity contribution is 0.0518. The molecule has 2 rings (SSSR count). The molecular weight excluding hydrogens is 272 g/mol. The van der Waals surface area contributed by atoms with Gasteiger partial charge in [-0.15, -0.1) is 0 Å². The van der Waals surface area contributed by atoms with Crippen LogP contribution in [0.4, 0.5) is 9.59 Å². The van der Waals surface area contributed by atoms with E-state index in [1.165, 1.54) is 24.8 Å². The number of ether oxygens (including phenoxy) is 4. The second-order valence-electron chi connectivity index (χ2n) is 3.19. The Morgan fingerprint density at radius 3 is 1.70 bits per heavy atom. The number of rotatable bonds is 5. The SMILES string of the molecule is O=C(OCCOC(=O)Oc1ncc[nH]1)Oc1ncc[nH]1. The van der Waals surface area contributed by atoms with Crippen molar-refractivity contribution in [2.24, 2.45) is 0 Å². The van der Waals surface area contributed by atoms with E-state index in [9.17, 15) is 9.59 Å². The fourth-order valence-electron chi connectivity index (χ4n) is 1.08. The minimum absolute atomic E-state index is 0.00754. The van der Waals surface area contributed by atoms with Crippen LogP contribution in [0.1, 0.15) is 0 Å². The number of H-pyrrole nitrogens is 2. The molecular formula is C10H10N4O6. The minimum Gasteiger partial charge on any atom is -0.430 e. The largest absolute Gasteiger partial charge is 0.516 e. The number of aromatic amines is 2. The Kier molecular flexibility index (Phi) is 4.54. The first-order chi connectivity index (χ1) is 9.74. The first-order valence-corrected chi connectivity index (χ1v) is 5.42. The molecule has 0 spiro atoms. The zero-order chi connectivity index (χ0) is 14.2. The summed E-state index contributed by atoms with van der Waals surface area (Å²) in [5, 5.41) is 0. The van der Waals surface area contributed by atoms with Gasteiger partial charge in [0.15, 0.2) is 0 Å². The van der Waals surface area contributed by atoms with Crippen LogP contribution in [0.25, 0.3) is 0 Å². The van der Waals surface area contributed by atoms with Gasteiger partial charge in [-0.1, -0.05) is 0 Å². The number of carbonyl (C=O) groups excluding carboxylic acids is 2. The second-order valence-corrected chi connectivity index (χ2v) is 3.19. The molecule has 2 aromatic heterocycles. The maximum absolute atomic E-state index is 11.1. The normalized spacial score (nSPS) is 9.80. The van der Waals surface area contributed by atoms with Crippen LogP contribution in [0.5, 0.6) is 12.0 Å². The molecule has 2 heterocycles. The predicted octanol–water partition coefficient (Wildman–Crippen LogP) is 0.864. The fraction of sp³-hybridized carbons (Fsp3) is 0.200. The summed E-state index contributed by atoms with van der Waals surface area (Å²) in [6.45, 7) is -0.375. The summed E-state index contributed by atoms with van der Waals surface area (Å²) in [6, 6.07) is 0.0151. The number of aromatic nitrogens is 4. The molecule has 0 bridgehead atoms. The topological polar surface area (TPSA) is 128 Å². The number of nitrogens with zero attached hydrogens (tertiary/aromatic N) is 2. The molecule has 0 aliphatic heterocycles. The summed E-state index contributed by atoms with van der Waals surface area (Å²) < 4.78 is 18.5. The fourth-order valence-corrected chi connectivity index (χ4v) is 1.08. The number of hydrogen-bond donors (Lipinski definition) is 2. The predicted molar refractivity (Wildman–Crippen MR) is 61.1 cm³/mol. The van der Waals surface area contributed by atoms with Crippen molar-refractivity contribution in [1.29, 1.82) is 0 Å². The highest BCUT2D eigenvalue weighted by Crippen LogP contribution is 2.01. The van der Waals surface area contributed by atoms with Gasteiger partial charge in [-0.2, -0.15) is 0 Å². The molecule has 20 heavy (non-hydrogen) atoms. The van der Waals surface area contributed by atoms with E-state index in [-0.39, 0.29) is 25.2 Å². The van der Waals surface area contributed by atoms with E-state index >= 15 is 0 Å². The van der Waals surface area contributed by atoms with Gasteiger partial charge in [0.1, 0.15) is 13.2 Å². The average molecular weight is 282 g/mol. The van der Waals surface area contributed by atoms with Crippen molar-refractivity contribution in [1.82, 2.24) is 19.9 Å². The number of nitrogens with one attached hydrogen (secondary N) is 2. The Balaban J connectivity index is 1.57. The molecule has 0 fully saturated rings. The third-order valence-electron chi connectivity index (χ3n) is 1.83. The molecule has 0 aromatic carbocycles. The van der Waals surface area contributed by atoms with Gasteiger partial charge in [-0.3, -0.25) is 0 Å². The van der Waals surface area contributed by atoms with Crippen LogP contribution >= 0.6 is 0 Å². The summed E-state index contributed by atoms with van der Waals surface area (Å²) in [6.07, 6.45) is 3.85. The van der Waals surface area contributed by atoms with Crippen LogP contribution in [-0.4, -0.2) is 45.5 Å². The highest BCUT2D eigenvalue weighted by molar-refractivity contribution is 5.63. The highest BCUT2D eigenvalue weighted by atomic mass is 16.8. The molecule has 0 amide bonds. The Hall–Kier alpha value is -3.04. The van der Waals surface area contributed by atoms with Crippen molar-refractivity contribution < 1.29 is 28.5 Å². The maximum atomic E-state index is 11.1. The third kappa shape index (κ3) is 4.33. The van der Waals surface area contributed by atoms with E-state index in [1.807, 2.05) is 0 Å². The van der Waals surface area contributed by atoms with Crippen molar-refractivity contribution in [3.8, 4) is 12.0 Å². The maximum Gasteiger partial charge on any atom is 0.516 e. The van der Waals surface area contributed by atoms with Gasteiger partial charge in [-0.25, -0.2) is 19.6 Å². The zero-order valence-electron chi connectivity index (χ0n) is 10.1. The minimum atomic E-state index is -0.969. The molecule has 0 atom stereocenters. The molecule has 0 saturated heterocycles. The van der Waals surface area contributed by atoms with Gasteiger partial charge in [0, 0.05) is 24.8 Å². The number of carbonyl (C=O) groups is 2. The van der Waals surface area contributed by atoms with Crippen LogP contribution in [0.3, 0.4) is 0 Å². The average Bonchev–Trinajstić information content (AvgIpc) is 3.08. The zero-order valence-corrected chi connectivity index (χ0v) is 10.1. The Bertz CT molecular complexity index is 488. The summed E-state index contributed by atoms with van der Waals surface area (Å²) >= 11 is 0. The summed E-state index contributed by atoms with van der Waals surface area (Å²) in [5.41, 5.74) is 0. The number of imidazole rings is 2. The lowest BCUT2D eigenvalue weighted by Gasteiger charge is -2.05. The van der Waals surface area contributed by atoms with E-state index in [4.69, 9.17) is 0 Å². The van der Waals surface area contributed by atoms with Crippen molar-refractivity contribution >= 4 is 12.3 Å². The van der Waals surface area contributed by atoms with Crippen molar-refractivity contribution in [2.75, 3.05) is 13.2 Å². The molecule has 106 valence electrons. The summed E-state index contributed by atoms with van der Waals surface area (Å²) in [5.74, 6) is 0. The number of hydrogen-bond acceptors (Lipinski definition) is 8. The molecule has 0 unspecified atom stereocenters. The van der Waals surface area contributed by atoms with E-state index in [1.54, 1.807) is 0 Å². The van der Waals surface area contributed by atoms with Gasteiger partial charge in [0.2, 0.25) is 0 Å². The van der Waals surface area contributed by atoms with Gasteiger partial charge in [0.25, 0.3) is 0 Å². The summed E-state index contributed by atoms with van der Waals surface area (Å²) in [4.78, 5) is 34.7. The van der Waals surface area contributed by atoms with Gasteiger partial charge < -0.3 is 28.9 Å². The van der Waals surface area contributed by atoms with Crippen molar-refractivity contribution in [2.45, 2.75) is 0 Å². The Morgan fingerprint density at radius 1 is 0.900 bits per heavy atom. The Morgan fingerprint density at radius 2 is 1.35 bits per heavy atom. The quantitative estimate of drug-likeness (QED) is 0.610. The molecule has 2 N–H and O–H groups in total. The second kappa shape index (κ2) is 6.78. The van der Waals surface area contributed by atoms with Crippen LogP contribution in [-0.2, 0) is 9.47 Å². The summed E-state index contributed by atoms with van der Waals surface area (Å²) in [7, 11) is 0. The van der Waals surface area contributed by atoms with Crippen molar-refractivity contribution in [3.63, 3.8) is 0 Å². The van der Waals surface area contributed by atoms with Gasteiger partial charge in [-0.05, 0) is 0 Å². The first kappa shape index (κ1) is 13.4.